The summed E-state index contributed by atoms with van der Waals surface area (Å²) in [5.41, 5.74) is 3.42. The molecule has 2 N–H and O–H groups in total. The van der Waals surface area contributed by atoms with E-state index in [1.807, 2.05) is 36.4 Å². The van der Waals surface area contributed by atoms with Gasteiger partial charge >= 0.3 is 0 Å². The van der Waals surface area contributed by atoms with Gasteiger partial charge in [0.2, 0.25) is 0 Å². The highest BCUT2D eigenvalue weighted by Gasteiger charge is 2.15. The van der Waals surface area contributed by atoms with E-state index < -0.39 is 9.84 Å². The zero-order chi connectivity index (χ0) is 20.6. The quantitative estimate of drug-likeness (QED) is 0.529. The summed E-state index contributed by atoms with van der Waals surface area (Å²) in [4.78, 5) is 19.8. The van der Waals surface area contributed by atoms with Gasteiger partial charge in [-0.05, 0) is 35.9 Å². The second kappa shape index (κ2) is 7.21. The van der Waals surface area contributed by atoms with Crippen molar-refractivity contribution in [1.82, 2.24) is 14.5 Å². The Balaban J connectivity index is 1.90. The second-order valence-electron chi connectivity index (χ2n) is 7.01. The SMILES string of the molecule is Cn1ccc2c(-c3cc(CS(C)(=O)=O)ccc3Nc3ccccn3)c[nH]c2c1=O. The molecule has 0 atom stereocenters. The van der Waals surface area contributed by atoms with E-state index in [1.54, 1.807) is 31.7 Å². The van der Waals surface area contributed by atoms with E-state index in [2.05, 4.69) is 15.3 Å². The first-order valence-corrected chi connectivity index (χ1v) is 11.0. The summed E-state index contributed by atoms with van der Waals surface area (Å²) in [5, 5.41) is 4.06. The summed E-state index contributed by atoms with van der Waals surface area (Å²) in [7, 11) is -1.49. The number of aromatic amines is 1. The van der Waals surface area contributed by atoms with Crippen LogP contribution in [0.1, 0.15) is 5.56 Å². The van der Waals surface area contributed by atoms with Crippen LogP contribution in [0, 0.1) is 0 Å². The van der Waals surface area contributed by atoms with E-state index in [-0.39, 0.29) is 11.3 Å². The molecule has 0 aliphatic heterocycles. The molecule has 0 saturated carbocycles. The number of H-pyrrole nitrogens is 1. The zero-order valence-corrected chi connectivity index (χ0v) is 16.8. The number of hydrogen-bond donors (Lipinski definition) is 2. The van der Waals surface area contributed by atoms with E-state index in [1.165, 1.54) is 10.8 Å². The van der Waals surface area contributed by atoms with Gasteiger partial charge in [-0.25, -0.2) is 13.4 Å². The maximum atomic E-state index is 12.4. The van der Waals surface area contributed by atoms with Crippen LogP contribution in [0.5, 0.6) is 0 Å². The molecule has 8 heteroatoms. The predicted molar refractivity (Wildman–Crippen MR) is 115 cm³/mol. The molecule has 0 radical (unpaired) electrons. The molecule has 0 amide bonds. The third kappa shape index (κ3) is 3.93. The van der Waals surface area contributed by atoms with Gasteiger partial charge in [0.05, 0.1) is 5.75 Å². The van der Waals surface area contributed by atoms with Gasteiger partial charge in [-0.2, -0.15) is 0 Å². The smallest absolute Gasteiger partial charge is 0.274 e. The fraction of sp³-hybridized carbons (Fsp3) is 0.143. The number of anilines is 2. The molecular formula is C21H20N4O3S. The average molecular weight is 408 g/mol. The molecule has 0 spiro atoms. The molecule has 29 heavy (non-hydrogen) atoms. The summed E-state index contributed by atoms with van der Waals surface area (Å²) in [6.45, 7) is 0. The molecule has 1 aromatic carbocycles. The van der Waals surface area contributed by atoms with Gasteiger partial charge < -0.3 is 14.9 Å². The van der Waals surface area contributed by atoms with Crippen molar-refractivity contribution in [3.05, 3.63) is 77.0 Å². The van der Waals surface area contributed by atoms with Crippen molar-refractivity contribution in [3.63, 3.8) is 0 Å². The zero-order valence-electron chi connectivity index (χ0n) is 16.0. The van der Waals surface area contributed by atoms with Crippen molar-refractivity contribution in [1.29, 1.82) is 0 Å². The Morgan fingerprint density at radius 2 is 1.97 bits per heavy atom. The van der Waals surface area contributed by atoms with E-state index >= 15 is 0 Å². The molecule has 0 aliphatic carbocycles. The lowest BCUT2D eigenvalue weighted by atomic mass is 10.0. The molecule has 0 aliphatic rings. The number of benzene rings is 1. The minimum atomic E-state index is -3.18. The molecule has 148 valence electrons. The summed E-state index contributed by atoms with van der Waals surface area (Å²) < 4.78 is 25.1. The van der Waals surface area contributed by atoms with E-state index in [9.17, 15) is 13.2 Å². The summed E-state index contributed by atoms with van der Waals surface area (Å²) in [5.74, 6) is 0.605. The normalized spacial score (nSPS) is 11.7. The first-order chi connectivity index (χ1) is 13.8. The van der Waals surface area contributed by atoms with E-state index in [4.69, 9.17) is 0 Å². The first kappa shape index (κ1) is 18.9. The highest BCUT2D eigenvalue weighted by atomic mass is 32.2. The lowest BCUT2D eigenvalue weighted by Crippen LogP contribution is -2.15. The molecule has 3 aromatic heterocycles. The number of sulfone groups is 1. The largest absolute Gasteiger partial charge is 0.356 e. The summed E-state index contributed by atoms with van der Waals surface area (Å²) in [6, 6.07) is 12.9. The Labute approximate surface area is 168 Å². The average Bonchev–Trinajstić information content (AvgIpc) is 3.10. The topological polar surface area (TPSA) is 96.8 Å². The van der Waals surface area contributed by atoms with Crippen molar-refractivity contribution < 1.29 is 8.42 Å². The lowest BCUT2D eigenvalue weighted by Gasteiger charge is -2.13. The molecular weight excluding hydrogens is 388 g/mol. The van der Waals surface area contributed by atoms with Crippen LogP contribution in [-0.4, -0.2) is 29.2 Å². The molecule has 0 saturated heterocycles. The van der Waals surface area contributed by atoms with Crippen LogP contribution >= 0.6 is 0 Å². The standard InChI is InChI=1S/C21H20N4O3S/c1-25-10-8-15-17(12-23-20(15)21(25)26)16-11-14(13-29(2,27)28)6-7-18(16)24-19-5-3-4-9-22-19/h3-12,23H,13H2,1-2H3,(H,22,24). The third-order valence-electron chi connectivity index (χ3n) is 4.65. The van der Waals surface area contributed by atoms with Crippen LogP contribution in [0.3, 0.4) is 0 Å². The fourth-order valence-corrected chi connectivity index (χ4v) is 4.11. The Hall–Kier alpha value is -3.39. The third-order valence-corrected chi connectivity index (χ3v) is 5.51. The van der Waals surface area contributed by atoms with Crippen molar-refractivity contribution in [3.8, 4) is 11.1 Å². The van der Waals surface area contributed by atoms with Crippen LogP contribution in [0.4, 0.5) is 11.5 Å². The Morgan fingerprint density at radius 1 is 1.14 bits per heavy atom. The fourth-order valence-electron chi connectivity index (χ4n) is 3.33. The van der Waals surface area contributed by atoms with Gasteiger partial charge in [-0.15, -0.1) is 0 Å². The van der Waals surface area contributed by atoms with Crippen molar-refractivity contribution in [2.45, 2.75) is 5.75 Å². The molecule has 3 heterocycles. The maximum Gasteiger partial charge on any atom is 0.274 e. The number of pyridine rings is 2. The molecule has 7 nitrogen and oxygen atoms in total. The number of aryl methyl sites for hydroxylation is 1. The molecule has 0 unspecified atom stereocenters. The van der Waals surface area contributed by atoms with Gasteiger partial charge in [-0.1, -0.05) is 12.1 Å². The maximum absolute atomic E-state index is 12.4. The van der Waals surface area contributed by atoms with Gasteiger partial charge in [0, 0.05) is 54.1 Å². The molecule has 4 rings (SSSR count). The van der Waals surface area contributed by atoms with Crippen LogP contribution in [0.25, 0.3) is 22.0 Å². The van der Waals surface area contributed by atoms with E-state index in [0.29, 0.717) is 16.9 Å². The van der Waals surface area contributed by atoms with Gasteiger partial charge in [-0.3, -0.25) is 4.79 Å². The highest BCUT2D eigenvalue weighted by Crippen LogP contribution is 2.35. The Kier molecular flexibility index (Phi) is 4.71. The lowest BCUT2D eigenvalue weighted by molar-refractivity contribution is 0.601. The monoisotopic (exact) mass is 408 g/mol. The van der Waals surface area contributed by atoms with Gasteiger partial charge in [0.1, 0.15) is 11.3 Å². The van der Waals surface area contributed by atoms with Gasteiger partial charge in [0.25, 0.3) is 5.56 Å². The number of nitrogens with zero attached hydrogens (tertiary/aromatic N) is 2. The summed E-state index contributed by atoms with van der Waals surface area (Å²) >= 11 is 0. The van der Waals surface area contributed by atoms with Crippen LogP contribution in [-0.2, 0) is 22.6 Å². The number of aromatic nitrogens is 3. The highest BCUT2D eigenvalue weighted by molar-refractivity contribution is 7.89. The van der Waals surface area contributed by atoms with Crippen LogP contribution < -0.4 is 10.9 Å². The minimum absolute atomic E-state index is 0.0615. The predicted octanol–water partition coefficient (Wildman–Crippen LogP) is 3.22. The number of hydrogen-bond acceptors (Lipinski definition) is 5. The Bertz CT molecular complexity index is 1360. The molecule has 0 fully saturated rings. The van der Waals surface area contributed by atoms with Crippen LogP contribution in [0.2, 0.25) is 0 Å². The van der Waals surface area contributed by atoms with Gasteiger partial charge in [0.15, 0.2) is 9.84 Å². The Morgan fingerprint density at radius 3 is 2.69 bits per heavy atom. The van der Waals surface area contributed by atoms with Crippen molar-refractivity contribution >= 4 is 32.2 Å². The minimum Gasteiger partial charge on any atom is -0.356 e. The molecule has 4 aromatic rings. The summed E-state index contributed by atoms with van der Waals surface area (Å²) in [6.07, 6.45) is 6.39. The van der Waals surface area contributed by atoms with Crippen molar-refractivity contribution in [2.24, 2.45) is 7.05 Å². The number of rotatable bonds is 5. The molecule has 0 bridgehead atoms. The number of fused-ring (bicyclic) bond motifs is 1. The van der Waals surface area contributed by atoms with E-state index in [0.717, 1.165) is 22.2 Å². The van der Waals surface area contributed by atoms with Crippen molar-refractivity contribution in [2.75, 3.05) is 11.6 Å². The van der Waals surface area contributed by atoms with Crippen LogP contribution in [0.15, 0.2) is 65.8 Å². The first-order valence-electron chi connectivity index (χ1n) is 8.97. The second-order valence-corrected chi connectivity index (χ2v) is 9.15. The number of nitrogens with one attached hydrogen (secondary N) is 2.